The number of hydrogen-bond donors (Lipinski definition) is 0. The lowest BCUT2D eigenvalue weighted by molar-refractivity contribution is 0.415. The van der Waals surface area contributed by atoms with Crippen LogP contribution in [0.25, 0.3) is 11.1 Å². The third-order valence-electron chi connectivity index (χ3n) is 2.69. The van der Waals surface area contributed by atoms with Crippen molar-refractivity contribution in [3.05, 3.63) is 53.6 Å². The Bertz CT molecular complexity index is 605. The van der Waals surface area contributed by atoms with Crippen LogP contribution >= 0.6 is 0 Å². The van der Waals surface area contributed by atoms with Gasteiger partial charge in [0.2, 0.25) is 0 Å². The van der Waals surface area contributed by atoms with E-state index in [9.17, 15) is 0 Å². The monoisotopic (exact) mass is 232 g/mol. The Morgan fingerprint density at radius 3 is 1.83 bits per heavy atom. The van der Waals surface area contributed by atoms with E-state index in [1.807, 2.05) is 42.5 Å². The molecule has 0 unspecified atom stereocenters. The van der Waals surface area contributed by atoms with Crippen molar-refractivity contribution in [2.45, 2.75) is 0 Å². The molecule has 18 heavy (non-hydrogen) atoms. The predicted octanol–water partition coefficient (Wildman–Crippen LogP) is 3.32. The highest BCUT2D eigenvalue weighted by molar-refractivity contribution is 5.68. The minimum Gasteiger partial charge on any atom is -0.497 e. The largest absolute Gasteiger partial charge is 0.497 e. The van der Waals surface area contributed by atoms with Crippen molar-refractivity contribution in [1.82, 2.24) is 0 Å². The third-order valence-corrected chi connectivity index (χ3v) is 2.69. The van der Waals surface area contributed by atoms with Crippen molar-refractivity contribution in [2.75, 3.05) is 7.11 Å². The maximum atomic E-state index is 5.43. The van der Waals surface area contributed by atoms with Gasteiger partial charge < -0.3 is 4.74 Å². The van der Waals surface area contributed by atoms with Crippen LogP contribution in [0.3, 0.4) is 0 Å². The molecule has 0 fully saturated rings. The summed E-state index contributed by atoms with van der Waals surface area (Å²) in [6, 6.07) is 13.5. The van der Waals surface area contributed by atoms with Gasteiger partial charge in [0.1, 0.15) is 5.75 Å². The van der Waals surface area contributed by atoms with Crippen LogP contribution in [-0.2, 0) is 0 Å². The molecule has 1 nitrogen and oxygen atoms in total. The average Bonchev–Trinajstić information content (AvgIpc) is 2.46. The fraction of sp³-hybridized carbons (Fsp3) is 0.0588. The van der Waals surface area contributed by atoms with Crippen molar-refractivity contribution in [3.63, 3.8) is 0 Å². The molecule has 0 aliphatic rings. The van der Waals surface area contributed by atoms with Gasteiger partial charge in [0, 0.05) is 11.1 Å². The van der Waals surface area contributed by atoms with E-state index >= 15 is 0 Å². The van der Waals surface area contributed by atoms with Crippen molar-refractivity contribution in [3.8, 4) is 41.6 Å². The van der Waals surface area contributed by atoms with Crippen LogP contribution in [0, 0.1) is 24.7 Å². The van der Waals surface area contributed by atoms with E-state index in [-0.39, 0.29) is 0 Å². The van der Waals surface area contributed by atoms with Crippen molar-refractivity contribution >= 4 is 0 Å². The molecular weight excluding hydrogens is 220 g/mol. The lowest BCUT2D eigenvalue weighted by atomic mass is 10.00. The lowest BCUT2D eigenvalue weighted by Crippen LogP contribution is -1.86. The smallest absolute Gasteiger partial charge is 0.118 e. The topological polar surface area (TPSA) is 9.23 Å². The molecule has 0 amide bonds. The summed E-state index contributed by atoms with van der Waals surface area (Å²) in [5.41, 5.74) is 3.65. The predicted molar refractivity (Wildman–Crippen MR) is 74.3 cm³/mol. The van der Waals surface area contributed by atoms with Crippen LogP contribution in [0.15, 0.2) is 42.5 Å². The summed E-state index contributed by atoms with van der Waals surface area (Å²) >= 11 is 0. The molecule has 0 bridgehead atoms. The number of hydrogen-bond acceptors (Lipinski definition) is 1. The molecule has 1 heteroatoms. The molecule has 0 spiro atoms. The Morgan fingerprint density at radius 1 is 0.833 bits per heavy atom. The fourth-order valence-corrected chi connectivity index (χ4v) is 1.74. The Hall–Kier alpha value is -2.64. The van der Waals surface area contributed by atoms with Gasteiger partial charge in [0.05, 0.1) is 7.11 Å². The van der Waals surface area contributed by atoms with Crippen molar-refractivity contribution in [2.24, 2.45) is 0 Å². The summed E-state index contributed by atoms with van der Waals surface area (Å²) in [7, 11) is 1.64. The van der Waals surface area contributed by atoms with Crippen LogP contribution in [0.1, 0.15) is 11.1 Å². The number of benzene rings is 2. The minimum atomic E-state index is 0.788. The molecule has 0 radical (unpaired) electrons. The van der Waals surface area contributed by atoms with Crippen molar-refractivity contribution in [1.29, 1.82) is 0 Å². The van der Waals surface area contributed by atoms with Gasteiger partial charge in [-0.05, 0) is 41.5 Å². The quantitative estimate of drug-likeness (QED) is 0.722. The zero-order chi connectivity index (χ0) is 13.0. The molecule has 2 aromatic rings. The maximum absolute atomic E-state index is 5.43. The Labute approximate surface area is 107 Å². The first kappa shape index (κ1) is 11.8. The average molecular weight is 232 g/mol. The second-order valence-electron chi connectivity index (χ2n) is 3.82. The van der Waals surface area contributed by atoms with Crippen LogP contribution in [0.5, 0.6) is 5.75 Å². The highest BCUT2D eigenvalue weighted by Gasteiger charge is 2.02. The fourth-order valence-electron chi connectivity index (χ4n) is 1.74. The Balaban J connectivity index is 2.50. The van der Waals surface area contributed by atoms with Gasteiger partial charge in [-0.15, -0.1) is 12.8 Å². The number of ether oxygens (including phenoxy) is 1. The van der Waals surface area contributed by atoms with Crippen LogP contribution in [-0.4, -0.2) is 7.11 Å². The SMILES string of the molecule is C#Cc1cc(C#C)cc(-c2ccc(OC)cc2)c1. The van der Waals surface area contributed by atoms with Gasteiger partial charge in [-0.1, -0.05) is 24.0 Å². The van der Waals surface area contributed by atoms with Gasteiger partial charge in [-0.25, -0.2) is 0 Å². The Morgan fingerprint density at radius 2 is 1.39 bits per heavy atom. The third kappa shape index (κ3) is 2.37. The van der Waals surface area contributed by atoms with Gasteiger partial charge in [0.25, 0.3) is 0 Å². The lowest BCUT2D eigenvalue weighted by Gasteiger charge is -2.05. The zero-order valence-electron chi connectivity index (χ0n) is 10.1. The molecule has 0 aliphatic carbocycles. The summed E-state index contributed by atoms with van der Waals surface area (Å²) in [6.45, 7) is 0. The van der Waals surface area contributed by atoms with Crippen LogP contribution < -0.4 is 4.74 Å². The standard InChI is InChI=1S/C17H12O/c1-4-13-10-14(5-2)12-16(11-13)15-6-8-17(18-3)9-7-15/h1-2,6-12H,3H3. The second kappa shape index (κ2) is 5.13. The van der Waals surface area contributed by atoms with Gasteiger partial charge in [-0.3, -0.25) is 0 Å². The van der Waals surface area contributed by atoms with Crippen LogP contribution in [0.2, 0.25) is 0 Å². The molecule has 86 valence electrons. The molecule has 2 aromatic carbocycles. The zero-order valence-corrected chi connectivity index (χ0v) is 10.1. The van der Waals surface area contributed by atoms with Crippen LogP contribution in [0.4, 0.5) is 0 Å². The molecule has 0 aromatic heterocycles. The summed E-state index contributed by atoms with van der Waals surface area (Å²) < 4.78 is 5.13. The van der Waals surface area contributed by atoms with E-state index in [0.29, 0.717) is 0 Å². The van der Waals surface area contributed by atoms with E-state index < -0.39 is 0 Å². The molecule has 0 aliphatic heterocycles. The first-order valence-electron chi connectivity index (χ1n) is 5.49. The molecule has 0 N–H and O–H groups in total. The second-order valence-corrected chi connectivity index (χ2v) is 3.82. The van der Waals surface area contributed by atoms with Gasteiger partial charge >= 0.3 is 0 Å². The summed E-state index contributed by atoms with van der Waals surface area (Å²) in [6.07, 6.45) is 10.9. The van der Waals surface area contributed by atoms with E-state index in [1.165, 1.54) is 0 Å². The van der Waals surface area contributed by atoms with E-state index in [0.717, 1.165) is 28.0 Å². The molecule has 0 saturated carbocycles. The van der Waals surface area contributed by atoms with Crippen molar-refractivity contribution < 1.29 is 4.74 Å². The van der Waals surface area contributed by atoms with E-state index in [2.05, 4.69) is 11.8 Å². The maximum Gasteiger partial charge on any atom is 0.118 e. The normalized spacial score (nSPS) is 9.28. The van der Waals surface area contributed by atoms with E-state index in [1.54, 1.807) is 7.11 Å². The molecular formula is C17H12O. The molecule has 0 heterocycles. The summed E-state index contributed by atoms with van der Waals surface area (Å²) in [4.78, 5) is 0. The number of methoxy groups -OCH3 is 1. The first-order valence-corrected chi connectivity index (χ1v) is 5.49. The number of terminal acetylenes is 2. The molecule has 0 saturated heterocycles. The molecule has 0 atom stereocenters. The highest BCUT2D eigenvalue weighted by atomic mass is 16.5. The minimum absolute atomic E-state index is 0.788. The van der Waals surface area contributed by atoms with Gasteiger partial charge in [-0.2, -0.15) is 0 Å². The van der Waals surface area contributed by atoms with E-state index in [4.69, 9.17) is 17.6 Å². The summed E-state index contributed by atoms with van der Waals surface area (Å²) in [5.74, 6) is 6.05. The molecule has 2 rings (SSSR count). The highest BCUT2D eigenvalue weighted by Crippen LogP contribution is 2.24. The first-order chi connectivity index (χ1) is 8.76. The Kier molecular flexibility index (Phi) is 3.37. The number of rotatable bonds is 2. The van der Waals surface area contributed by atoms with Gasteiger partial charge in [0.15, 0.2) is 0 Å². The summed E-state index contributed by atoms with van der Waals surface area (Å²) in [5, 5.41) is 0.